The van der Waals surface area contributed by atoms with Crippen LogP contribution in [0.5, 0.6) is 0 Å². The summed E-state index contributed by atoms with van der Waals surface area (Å²) in [5, 5.41) is 9.71. The van der Waals surface area contributed by atoms with E-state index in [0.717, 1.165) is 96.0 Å². The lowest BCUT2D eigenvalue weighted by atomic mass is 9.90. The highest BCUT2D eigenvalue weighted by atomic mass is 16.6. The summed E-state index contributed by atoms with van der Waals surface area (Å²) in [7, 11) is 0. The first kappa shape index (κ1) is 30.5. The van der Waals surface area contributed by atoms with E-state index in [4.69, 9.17) is 4.74 Å². The summed E-state index contributed by atoms with van der Waals surface area (Å²) < 4.78 is 5.49. The summed E-state index contributed by atoms with van der Waals surface area (Å²) in [4.78, 5) is 34.2. The molecular formula is C27H48O5. The molecule has 0 heterocycles. The van der Waals surface area contributed by atoms with Crippen LogP contribution >= 0.6 is 0 Å². The number of unbranched alkanes of at least 4 members (excludes halogenated alkanes) is 7. The molecule has 0 fully saturated rings. The molecule has 0 aromatic rings. The predicted molar refractivity (Wildman–Crippen MR) is 130 cm³/mol. The maximum absolute atomic E-state index is 11.6. The minimum atomic E-state index is -0.660. The Kier molecular flexibility index (Phi) is 18.1. The fourth-order valence-electron chi connectivity index (χ4n) is 4.36. The van der Waals surface area contributed by atoms with Crippen molar-refractivity contribution in [3.63, 3.8) is 0 Å². The third-order valence-electron chi connectivity index (χ3n) is 6.24. The standard InChI is InChI=1S/C27H48O5/c1-5-7-12-15-24(21-28)17-18-25(22-29)16-13-10-8-9-11-14-19-27(4,20-23(3)30)32-26(31)6-2/h6,21-25,30H,2,5,7-20H2,1,3-4H3. The van der Waals surface area contributed by atoms with Crippen molar-refractivity contribution in [2.45, 2.75) is 129 Å². The lowest BCUT2D eigenvalue weighted by molar-refractivity contribution is -0.155. The molecule has 4 unspecified atom stereocenters. The number of hydrogen-bond donors (Lipinski definition) is 1. The van der Waals surface area contributed by atoms with Crippen molar-refractivity contribution in [1.29, 1.82) is 0 Å². The third kappa shape index (κ3) is 16.2. The van der Waals surface area contributed by atoms with E-state index in [1.165, 1.54) is 12.5 Å². The van der Waals surface area contributed by atoms with Gasteiger partial charge >= 0.3 is 5.97 Å². The number of aliphatic hydroxyl groups excluding tert-OH is 1. The lowest BCUT2D eigenvalue weighted by Gasteiger charge is -2.30. The molecule has 1 N–H and O–H groups in total. The number of rotatable bonds is 22. The van der Waals surface area contributed by atoms with E-state index in [2.05, 4.69) is 13.5 Å². The SMILES string of the molecule is C=CC(=O)OC(C)(CCCCCCCCC(C=O)CCC(C=O)CCCCC)CC(C)O. The van der Waals surface area contributed by atoms with Gasteiger partial charge in [0.15, 0.2) is 0 Å². The summed E-state index contributed by atoms with van der Waals surface area (Å²) in [6.45, 7) is 9.19. The summed E-state index contributed by atoms with van der Waals surface area (Å²) in [6, 6.07) is 0. The van der Waals surface area contributed by atoms with E-state index in [9.17, 15) is 19.5 Å². The zero-order valence-electron chi connectivity index (χ0n) is 20.9. The second kappa shape index (κ2) is 19.0. The minimum Gasteiger partial charge on any atom is -0.456 e. The molecule has 186 valence electrons. The molecule has 0 spiro atoms. The number of aldehydes is 2. The first-order valence-corrected chi connectivity index (χ1v) is 12.7. The van der Waals surface area contributed by atoms with Crippen molar-refractivity contribution >= 4 is 18.5 Å². The maximum atomic E-state index is 11.6. The van der Waals surface area contributed by atoms with Crippen LogP contribution in [0.25, 0.3) is 0 Å². The summed E-state index contributed by atoms with van der Waals surface area (Å²) >= 11 is 0. The Morgan fingerprint density at radius 1 is 0.906 bits per heavy atom. The van der Waals surface area contributed by atoms with Gasteiger partial charge in [-0.25, -0.2) is 4.79 Å². The van der Waals surface area contributed by atoms with E-state index in [1.807, 2.05) is 6.92 Å². The van der Waals surface area contributed by atoms with Crippen LogP contribution in [0.2, 0.25) is 0 Å². The first-order valence-electron chi connectivity index (χ1n) is 12.7. The number of aliphatic hydroxyl groups is 1. The predicted octanol–water partition coefficient (Wildman–Crippen LogP) is 6.36. The van der Waals surface area contributed by atoms with Crippen LogP contribution in [-0.4, -0.2) is 35.4 Å². The molecule has 0 saturated carbocycles. The topological polar surface area (TPSA) is 80.7 Å². The molecule has 4 atom stereocenters. The van der Waals surface area contributed by atoms with Gasteiger partial charge in [0.1, 0.15) is 18.2 Å². The first-order chi connectivity index (χ1) is 15.3. The van der Waals surface area contributed by atoms with E-state index in [0.29, 0.717) is 6.42 Å². The summed E-state index contributed by atoms with van der Waals surface area (Å²) in [5.74, 6) is -0.267. The Bertz CT molecular complexity index is 516. The molecule has 0 radical (unpaired) electrons. The van der Waals surface area contributed by atoms with Gasteiger partial charge in [-0.1, -0.05) is 64.9 Å². The molecule has 0 saturated heterocycles. The fraction of sp³-hybridized carbons (Fsp3) is 0.815. The summed E-state index contributed by atoms with van der Waals surface area (Å²) in [6.07, 6.45) is 17.2. The highest BCUT2D eigenvalue weighted by molar-refractivity contribution is 5.81. The molecule has 0 bridgehead atoms. The van der Waals surface area contributed by atoms with Crippen LogP contribution in [-0.2, 0) is 19.1 Å². The largest absolute Gasteiger partial charge is 0.456 e. The van der Waals surface area contributed by atoms with Gasteiger partial charge in [0.2, 0.25) is 0 Å². The quantitative estimate of drug-likeness (QED) is 0.0895. The fourth-order valence-corrected chi connectivity index (χ4v) is 4.36. The molecule has 0 aliphatic rings. The van der Waals surface area contributed by atoms with Gasteiger partial charge in [-0.3, -0.25) is 0 Å². The normalized spacial score (nSPS) is 15.9. The van der Waals surface area contributed by atoms with Crippen molar-refractivity contribution in [3.05, 3.63) is 12.7 Å². The van der Waals surface area contributed by atoms with E-state index < -0.39 is 17.7 Å². The van der Waals surface area contributed by atoms with Crippen LogP contribution in [0.1, 0.15) is 117 Å². The molecular weight excluding hydrogens is 404 g/mol. The van der Waals surface area contributed by atoms with Crippen LogP contribution < -0.4 is 0 Å². The molecule has 5 heteroatoms. The van der Waals surface area contributed by atoms with Crippen molar-refractivity contribution < 1.29 is 24.2 Å². The zero-order valence-corrected chi connectivity index (χ0v) is 20.9. The van der Waals surface area contributed by atoms with Gasteiger partial charge in [-0.05, 0) is 52.4 Å². The van der Waals surface area contributed by atoms with Crippen LogP contribution in [0.3, 0.4) is 0 Å². The number of carbonyl (C=O) groups excluding carboxylic acids is 3. The molecule has 0 aliphatic carbocycles. The van der Waals surface area contributed by atoms with Gasteiger partial charge in [0, 0.05) is 24.3 Å². The molecule has 0 aromatic carbocycles. The lowest BCUT2D eigenvalue weighted by Crippen LogP contribution is -2.34. The molecule has 32 heavy (non-hydrogen) atoms. The van der Waals surface area contributed by atoms with Gasteiger partial charge < -0.3 is 19.4 Å². The zero-order chi connectivity index (χ0) is 24.2. The number of esters is 1. The Morgan fingerprint density at radius 2 is 1.41 bits per heavy atom. The molecule has 0 aliphatic heterocycles. The van der Waals surface area contributed by atoms with Crippen molar-refractivity contribution in [2.75, 3.05) is 0 Å². The minimum absolute atomic E-state index is 0.0735. The van der Waals surface area contributed by atoms with Crippen LogP contribution in [0, 0.1) is 11.8 Å². The van der Waals surface area contributed by atoms with Gasteiger partial charge in [-0.15, -0.1) is 0 Å². The highest BCUT2D eigenvalue weighted by Crippen LogP contribution is 2.26. The number of carbonyl (C=O) groups is 3. The Hall–Kier alpha value is -1.49. The second-order valence-electron chi connectivity index (χ2n) is 9.65. The Labute approximate surface area is 196 Å². The van der Waals surface area contributed by atoms with Gasteiger partial charge in [0.25, 0.3) is 0 Å². The number of hydrogen-bond acceptors (Lipinski definition) is 5. The highest BCUT2D eigenvalue weighted by Gasteiger charge is 2.29. The van der Waals surface area contributed by atoms with Crippen LogP contribution in [0.15, 0.2) is 12.7 Å². The second-order valence-corrected chi connectivity index (χ2v) is 9.65. The maximum Gasteiger partial charge on any atom is 0.330 e. The van der Waals surface area contributed by atoms with E-state index in [1.54, 1.807) is 6.92 Å². The molecule has 5 nitrogen and oxygen atoms in total. The third-order valence-corrected chi connectivity index (χ3v) is 6.24. The average molecular weight is 453 g/mol. The average Bonchev–Trinajstić information content (AvgIpc) is 2.75. The number of ether oxygens (including phenoxy) is 1. The smallest absolute Gasteiger partial charge is 0.330 e. The van der Waals surface area contributed by atoms with Crippen molar-refractivity contribution in [2.24, 2.45) is 11.8 Å². The van der Waals surface area contributed by atoms with Crippen molar-refractivity contribution in [1.82, 2.24) is 0 Å². The monoisotopic (exact) mass is 452 g/mol. The molecule has 0 aromatic heterocycles. The Morgan fingerprint density at radius 3 is 1.88 bits per heavy atom. The van der Waals surface area contributed by atoms with Crippen LogP contribution in [0.4, 0.5) is 0 Å². The van der Waals surface area contributed by atoms with Gasteiger partial charge in [-0.2, -0.15) is 0 Å². The van der Waals surface area contributed by atoms with E-state index >= 15 is 0 Å². The van der Waals surface area contributed by atoms with Crippen molar-refractivity contribution in [3.8, 4) is 0 Å². The van der Waals surface area contributed by atoms with Gasteiger partial charge in [0.05, 0.1) is 6.10 Å². The Balaban J connectivity index is 4.01. The molecule has 0 amide bonds. The summed E-state index contributed by atoms with van der Waals surface area (Å²) in [5.41, 5.74) is -0.660. The van der Waals surface area contributed by atoms with E-state index in [-0.39, 0.29) is 11.8 Å². The molecule has 0 rings (SSSR count).